The van der Waals surface area contributed by atoms with Gasteiger partial charge >= 0.3 is 7.32 Å². The van der Waals surface area contributed by atoms with Crippen molar-refractivity contribution in [3.8, 4) is 39.1 Å². The molecule has 44 heavy (non-hydrogen) atoms. The Labute approximate surface area is 263 Å². The fourth-order valence-corrected chi connectivity index (χ4v) is 6.51. The van der Waals surface area contributed by atoms with Crippen LogP contribution in [0.1, 0.15) is 79.0 Å². The van der Waals surface area contributed by atoms with Crippen LogP contribution in [0.4, 0.5) is 0 Å². The lowest BCUT2D eigenvalue weighted by molar-refractivity contribution is 0.290. The van der Waals surface area contributed by atoms with E-state index in [2.05, 4.69) is 141 Å². The fourth-order valence-electron chi connectivity index (χ4n) is 6.51. The normalized spacial score (nSPS) is 12.4. The first-order valence-electron chi connectivity index (χ1n) is 15.5. The maximum absolute atomic E-state index is 10.4. The lowest BCUT2D eigenvalue weighted by Gasteiger charge is -2.32. The molecule has 0 amide bonds. The van der Waals surface area contributed by atoms with Crippen LogP contribution in [0.5, 0.6) is 5.75 Å². The molecule has 0 bridgehead atoms. The SMILES string of the molecule is CC(C)(C)c1ccccc1-c1c(-c2ccccc2C(C)(C)C)c(-c2ccccc2C(C)(C)C)c2ccccc2c1OB(O)O. The molecule has 0 unspecified atom stereocenters. The van der Waals surface area contributed by atoms with Crippen molar-refractivity contribution >= 4 is 18.1 Å². The molecule has 0 spiro atoms. The molecule has 5 aromatic carbocycles. The van der Waals surface area contributed by atoms with Gasteiger partial charge < -0.3 is 14.7 Å². The van der Waals surface area contributed by atoms with Gasteiger partial charge in [0.1, 0.15) is 5.75 Å². The molecule has 0 fully saturated rings. The molecule has 0 aliphatic heterocycles. The zero-order valence-corrected chi connectivity index (χ0v) is 27.6. The van der Waals surface area contributed by atoms with Crippen LogP contribution in [-0.2, 0) is 16.2 Å². The molecule has 4 heteroatoms. The third-order valence-corrected chi connectivity index (χ3v) is 8.40. The van der Waals surface area contributed by atoms with Crippen LogP contribution < -0.4 is 4.65 Å². The minimum atomic E-state index is -1.99. The second kappa shape index (κ2) is 11.6. The van der Waals surface area contributed by atoms with Gasteiger partial charge in [-0.05, 0) is 60.6 Å². The molecule has 3 nitrogen and oxygen atoms in total. The number of hydrogen-bond acceptors (Lipinski definition) is 3. The quantitative estimate of drug-likeness (QED) is 0.202. The highest BCUT2D eigenvalue weighted by atomic mass is 16.6. The average molecular weight is 585 g/mol. The van der Waals surface area contributed by atoms with Gasteiger partial charge in [-0.2, -0.15) is 0 Å². The van der Waals surface area contributed by atoms with Crippen molar-refractivity contribution in [2.75, 3.05) is 0 Å². The molecule has 0 aromatic heterocycles. The Morgan fingerprint density at radius 3 is 1.18 bits per heavy atom. The number of benzene rings is 5. The summed E-state index contributed by atoms with van der Waals surface area (Å²) in [6, 6.07) is 33.9. The van der Waals surface area contributed by atoms with Crippen LogP contribution in [0.25, 0.3) is 44.2 Å². The minimum absolute atomic E-state index is 0.127. The summed E-state index contributed by atoms with van der Waals surface area (Å²) in [5.74, 6) is 0.461. The van der Waals surface area contributed by atoms with E-state index in [-0.39, 0.29) is 16.2 Å². The summed E-state index contributed by atoms with van der Waals surface area (Å²) in [6.07, 6.45) is 0. The van der Waals surface area contributed by atoms with Gasteiger partial charge in [0.05, 0.1) is 0 Å². The Morgan fingerprint density at radius 1 is 0.432 bits per heavy atom. The van der Waals surface area contributed by atoms with E-state index >= 15 is 0 Å². The maximum Gasteiger partial charge on any atom is 0.707 e. The lowest BCUT2D eigenvalue weighted by Crippen LogP contribution is -2.22. The van der Waals surface area contributed by atoms with E-state index in [4.69, 9.17) is 4.65 Å². The van der Waals surface area contributed by atoms with Gasteiger partial charge in [0.25, 0.3) is 0 Å². The molecule has 0 radical (unpaired) electrons. The first kappa shape index (κ1) is 31.6. The molecule has 2 N–H and O–H groups in total. The van der Waals surface area contributed by atoms with Crippen LogP contribution in [0.15, 0.2) is 97.1 Å². The summed E-state index contributed by atoms with van der Waals surface area (Å²) in [6.45, 7) is 20.1. The maximum atomic E-state index is 10.4. The Morgan fingerprint density at radius 2 is 0.773 bits per heavy atom. The predicted molar refractivity (Wildman–Crippen MR) is 187 cm³/mol. The van der Waals surface area contributed by atoms with Crippen molar-refractivity contribution < 1.29 is 14.7 Å². The average Bonchev–Trinajstić information content (AvgIpc) is 2.95. The van der Waals surface area contributed by atoms with Gasteiger partial charge in [0.15, 0.2) is 0 Å². The van der Waals surface area contributed by atoms with Gasteiger partial charge in [0.2, 0.25) is 0 Å². The Bertz CT molecular complexity index is 1810. The molecule has 0 atom stereocenters. The highest BCUT2D eigenvalue weighted by Crippen LogP contribution is 2.55. The van der Waals surface area contributed by atoms with Crippen LogP contribution in [-0.4, -0.2) is 17.4 Å². The third-order valence-electron chi connectivity index (χ3n) is 8.40. The van der Waals surface area contributed by atoms with E-state index in [0.717, 1.165) is 49.7 Å². The van der Waals surface area contributed by atoms with E-state index < -0.39 is 7.32 Å². The van der Waals surface area contributed by atoms with Crippen molar-refractivity contribution in [1.82, 2.24) is 0 Å². The van der Waals surface area contributed by atoms with Crippen molar-refractivity contribution in [1.29, 1.82) is 0 Å². The highest BCUT2D eigenvalue weighted by Gasteiger charge is 2.33. The second-order valence-electron chi connectivity index (χ2n) is 14.8. The Hall–Kier alpha value is -3.86. The van der Waals surface area contributed by atoms with E-state index in [9.17, 15) is 10.0 Å². The third kappa shape index (κ3) is 5.94. The van der Waals surface area contributed by atoms with Crippen molar-refractivity contribution in [2.45, 2.75) is 78.6 Å². The predicted octanol–water partition coefficient (Wildman–Crippen LogP) is 10.1. The zero-order valence-electron chi connectivity index (χ0n) is 27.6. The van der Waals surface area contributed by atoms with Crippen molar-refractivity contribution in [3.05, 3.63) is 114 Å². The first-order chi connectivity index (χ1) is 20.6. The molecule has 5 rings (SSSR count). The van der Waals surface area contributed by atoms with E-state index in [1.165, 1.54) is 11.1 Å². The monoisotopic (exact) mass is 584 g/mol. The van der Waals surface area contributed by atoms with Gasteiger partial charge in [-0.25, -0.2) is 0 Å². The summed E-state index contributed by atoms with van der Waals surface area (Å²) in [5, 5.41) is 22.6. The Balaban J connectivity index is 2.17. The molecule has 0 aliphatic carbocycles. The highest BCUT2D eigenvalue weighted by molar-refractivity contribution is 6.34. The van der Waals surface area contributed by atoms with Gasteiger partial charge in [-0.15, -0.1) is 0 Å². The van der Waals surface area contributed by atoms with Crippen LogP contribution in [0.3, 0.4) is 0 Å². The molecule has 5 aromatic rings. The van der Waals surface area contributed by atoms with E-state index in [1.807, 2.05) is 18.2 Å². The van der Waals surface area contributed by atoms with Gasteiger partial charge in [-0.1, -0.05) is 159 Å². The van der Waals surface area contributed by atoms with Crippen molar-refractivity contribution in [3.63, 3.8) is 0 Å². The Kier molecular flexibility index (Phi) is 8.30. The van der Waals surface area contributed by atoms with Crippen LogP contribution >= 0.6 is 0 Å². The summed E-state index contributed by atoms with van der Waals surface area (Å²) in [5.41, 5.74) is 9.37. The summed E-state index contributed by atoms with van der Waals surface area (Å²) >= 11 is 0. The topological polar surface area (TPSA) is 49.7 Å². The molecule has 0 heterocycles. The van der Waals surface area contributed by atoms with Crippen LogP contribution in [0.2, 0.25) is 0 Å². The molecular weight excluding hydrogens is 539 g/mol. The van der Waals surface area contributed by atoms with Crippen molar-refractivity contribution in [2.24, 2.45) is 0 Å². The summed E-state index contributed by atoms with van der Waals surface area (Å²) in [4.78, 5) is 0. The molecule has 0 saturated heterocycles. The van der Waals surface area contributed by atoms with E-state index in [0.29, 0.717) is 5.75 Å². The molecule has 0 saturated carbocycles. The van der Waals surface area contributed by atoms with Gasteiger partial charge in [0, 0.05) is 16.5 Å². The van der Waals surface area contributed by atoms with Crippen LogP contribution in [0, 0.1) is 0 Å². The second-order valence-corrected chi connectivity index (χ2v) is 14.8. The fraction of sp³-hybridized carbons (Fsp3) is 0.300. The molecule has 226 valence electrons. The minimum Gasteiger partial charge on any atom is -0.511 e. The number of fused-ring (bicyclic) bond motifs is 1. The first-order valence-corrected chi connectivity index (χ1v) is 15.5. The number of hydrogen-bond donors (Lipinski definition) is 2. The lowest BCUT2D eigenvalue weighted by atomic mass is 9.73. The smallest absolute Gasteiger partial charge is 0.511 e. The van der Waals surface area contributed by atoms with Gasteiger partial charge in [-0.3, -0.25) is 0 Å². The standard InChI is InChI=1S/C40H45BO3/c1-38(2,3)31-23-15-12-20-28(31)34-26-18-10-11-19-27(26)37(44-41(42)43)36(30-22-14-17-25-33(30)40(7,8)9)35(34)29-21-13-16-24-32(29)39(4,5)6/h10-25,42-43H,1-9H3. The number of rotatable bonds is 5. The van der Waals surface area contributed by atoms with E-state index in [1.54, 1.807) is 0 Å². The zero-order chi connectivity index (χ0) is 32.0. The summed E-state index contributed by atoms with van der Waals surface area (Å²) in [7, 11) is -1.99. The summed E-state index contributed by atoms with van der Waals surface area (Å²) < 4.78 is 6.07. The molecule has 0 aliphatic rings. The largest absolute Gasteiger partial charge is 0.707 e. The molecular formula is C40H45BO3.